The molecule has 0 aliphatic heterocycles. The van der Waals surface area contributed by atoms with Gasteiger partial charge in [-0.15, -0.1) is 0 Å². The van der Waals surface area contributed by atoms with Crippen LogP contribution in [0.1, 0.15) is 32.6 Å². The van der Waals surface area contributed by atoms with Gasteiger partial charge in [-0.2, -0.15) is 0 Å². The van der Waals surface area contributed by atoms with Crippen molar-refractivity contribution in [2.24, 2.45) is 5.92 Å². The molecule has 1 unspecified atom stereocenters. The van der Waals surface area contributed by atoms with Crippen molar-refractivity contribution in [3.8, 4) is 0 Å². The van der Waals surface area contributed by atoms with Crippen LogP contribution in [-0.4, -0.2) is 36.2 Å². The highest BCUT2D eigenvalue weighted by atomic mass is 16.5. The molecular formula is C11H19NO4. The monoisotopic (exact) mass is 229 g/mol. The minimum Gasteiger partial charge on any atom is -0.480 e. The average Bonchev–Trinajstić information content (AvgIpc) is 2.68. The Balaban J connectivity index is 2.62. The van der Waals surface area contributed by atoms with Crippen molar-refractivity contribution in [1.82, 2.24) is 5.32 Å². The van der Waals surface area contributed by atoms with Gasteiger partial charge in [0.25, 0.3) is 0 Å². The lowest BCUT2D eigenvalue weighted by Crippen LogP contribution is -2.54. The van der Waals surface area contributed by atoms with Gasteiger partial charge >= 0.3 is 5.97 Å². The molecule has 0 radical (unpaired) electrons. The van der Waals surface area contributed by atoms with E-state index in [1.807, 2.05) is 0 Å². The van der Waals surface area contributed by atoms with E-state index >= 15 is 0 Å². The van der Waals surface area contributed by atoms with Crippen molar-refractivity contribution in [2.75, 3.05) is 13.7 Å². The summed E-state index contributed by atoms with van der Waals surface area (Å²) in [6, 6.07) is 0. The van der Waals surface area contributed by atoms with Crippen LogP contribution < -0.4 is 5.32 Å². The molecule has 0 spiro atoms. The molecule has 2 N–H and O–H groups in total. The summed E-state index contributed by atoms with van der Waals surface area (Å²) in [4.78, 5) is 22.9. The zero-order valence-electron chi connectivity index (χ0n) is 9.78. The molecule has 1 aliphatic carbocycles. The summed E-state index contributed by atoms with van der Waals surface area (Å²) in [5, 5.41) is 11.8. The highest BCUT2D eigenvalue weighted by Gasteiger charge is 2.43. The summed E-state index contributed by atoms with van der Waals surface area (Å²) in [7, 11) is 1.52. The van der Waals surface area contributed by atoms with Gasteiger partial charge in [0.05, 0.1) is 12.5 Å². The molecular weight excluding hydrogens is 210 g/mol. The molecule has 1 amide bonds. The van der Waals surface area contributed by atoms with Crippen LogP contribution in [0.4, 0.5) is 0 Å². The van der Waals surface area contributed by atoms with E-state index in [9.17, 15) is 14.7 Å². The molecule has 16 heavy (non-hydrogen) atoms. The lowest BCUT2D eigenvalue weighted by molar-refractivity contribution is -0.148. The van der Waals surface area contributed by atoms with Crippen LogP contribution >= 0.6 is 0 Å². The van der Waals surface area contributed by atoms with Gasteiger partial charge in [-0.3, -0.25) is 4.79 Å². The lowest BCUT2D eigenvalue weighted by Gasteiger charge is -2.26. The number of rotatable bonds is 5. The van der Waals surface area contributed by atoms with E-state index in [1.165, 1.54) is 7.11 Å². The number of aliphatic carboxylic acids is 1. The van der Waals surface area contributed by atoms with Gasteiger partial charge in [0.1, 0.15) is 5.54 Å². The van der Waals surface area contributed by atoms with Crippen LogP contribution in [0, 0.1) is 5.92 Å². The van der Waals surface area contributed by atoms with E-state index in [4.69, 9.17) is 4.74 Å². The third-order valence-corrected chi connectivity index (χ3v) is 3.09. The topological polar surface area (TPSA) is 75.6 Å². The summed E-state index contributed by atoms with van der Waals surface area (Å²) in [5.41, 5.74) is -1.04. The molecule has 0 aromatic heterocycles. The van der Waals surface area contributed by atoms with E-state index in [0.29, 0.717) is 19.4 Å². The van der Waals surface area contributed by atoms with E-state index < -0.39 is 11.5 Å². The normalized spacial score (nSPS) is 20.4. The second-order valence-corrected chi connectivity index (χ2v) is 4.44. The average molecular weight is 229 g/mol. The fourth-order valence-corrected chi connectivity index (χ4v) is 2.06. The van der Waals surface area contributed by atoms with Crippen molar-refractivity contribution >= 4 is 11.9 Å². The number of methoxy groups -OCH3 is 1. The first-order valence-corrected chi connectivity index (χ1v) is 5.56. The summed E-state index contributed by atoms with van der Waals surface area (Å²) in [5.74, 6) is -1.49. The number of carbonyl (C=O) groups excluding carboxylic acids is 1. The highest BCUT2D eigenvalue weighted by molar-refractivity contribution is 5.88. The predicted octanol–water partition coefficient (Wildman–Crippen LogP) is 0.782. The molecule has 0 bridgehead atoms. The maximum absolute atomic E-state index is 11.7. The number of amides is 1. The summed E-state index contributed by atoms with van der Waals surface area (Å²) >= 11 is 0. The Labute approximate surface area is 95.2 Å². The Morgan fingerprint density at radius 2 is 2.00 bits per heavy atom. The zero-order valence-corrected chi connectivity index (χ0v) is 9.78. The second-order valence-electron chi connectivity index (χ2n) is 4.44. The summed E-state index contributed by atoms with van der Waals surface area (Å²) in [6.07, 6.45) is 2.75. The second kappa shape index (κ2) is 5.30. The third-order valence-electron chi connectivity index (χ3n) is 3.09. The first kappa shape index (κ1) is 13.0. The van der Waals surface area contributed by atoms with Crippen LogP contribution in [0.15, 0.2) is 0 Å². The predicted molar refractivity (Wildman–Crippen MR) is 58.0 cm³/mol. The fraction of sp³-hybridized carbons (Fsp3) is 0.818. The Morgan fingerprint density at radius 1 is 1.44 bits per heavy atom. The molecule has 0 saturated heterocycles. The van der Waals surface area contributed by atoms with Crippen LogP contribution in [0.25, 0.3) is 0 Å². The number of carboxylic acids is 1. The molecule has 92 valence electrons. The Bertz CT molecular complexity index is 271. The van der Waals surface area contributed by atoms with Crippen LogP contribution in [0.2, 0.25) is 0 Å². The molecule has 5 heteroatoms. The van der Waals surface area contributed by atoms with Crippen molar-refractivity contribution in [3.63, 3.8) is 0 Å². The standard InChI is InChI=1S/C11H19NO4/c1-8(7-16-2)9(13)12-11(10(14)15)5-3-4-6-11/h8H,3-7H2,1-2H3,(H,12,13)(H,14,15). The Kier molecular flexibility index (Phi) is 4.29. The van der Waals surface area contributed by atoms with Gasteiger partial charge in [-0.25, -0.2) is 4.79 Å². The van der Waals surface area contributed by atoms with Gasteiger partial charge in [0, 0.05) is 7.11 Å². The molecule has 1 rings (SSSR count). The number of ether oxygens (including phenoxy) is 1. The molecule has 0 aromatic carbocycles. The SMILES string of the molecule is COCC(C)C(=O)NC1(C(=O)O)CCCC1. The van der Waals surface area contributed by atoms with Crippen LogP contribution in [-0.2, 0) is 14.3 Å². The zero-order chi connectivity index (χ0) is 12.2. The van der Waals surface area contributed by atoms with Gasteiger partial charge in [-0.1, -0.05) is 19.8 Å². The van der Waals surface area contributed by atoms with Gasteiger partial charge in [0.2, 0.25) is 5.91 Å². The van der Waals surface area contributed by atoms with Crippen molar-refractivity contribution < 1.29 is 19.4 Å². The summed E-state index contributed by atoms with van der Waals surface area (Å²) < 4.78 is 4.87. The molecule has 1 fully saturated rings. The van der Waals surface area contributed by atoms with E-state index in [0.717, 1.165) is 12.8 Å². The first-order chi connectivity index (χ1) is 7.52. The van der Waals surface area contributed by atoms with E-state index in [-0.39, 0.29) is 11.8 Å². The molecule has 0 aromatic rings. The van der Waals surface area contributed by atoms with Gasteiger partial charge in [-0.05, 0) is 12.8 Å². The van der Waals surface area contributed by atoms with Gasteiger partial charge in [0.15, 0.2) is 0 Å². The minimum absolute atomic E-state index is 0.244. The Morgan fingerprint density at radius 3 is 2.44 bits per heavy atom. The third kappa shape index (κ3) is 2.72. The minimum atomic E-state index is -1.04. The maximum Gasteiger partial charge on any atom is 0.329 e. The molecule has 5 nitrogen and oxygen atoms in total. The van der Waals surface area contributed by atoms with E-state index in [1.54, 1.807) is 6.92 Å². The van der Waals surface area contributed by atoms with Gasteiger partial charge < -0.3 is 15.2 Å². The highest BCUT2D eigenvalue weighted by Crippen LogP contribution is 2.30. The van der Waals surface area contributed by atoms with Crippen molar-refractivity contribution in [3.05, 3.63) is 0 Å². The van der Waals surface area contributed by atoms with Crippen molar-refractivity contribution in [2.45, 2.75) is 38.1 Å². The molecule has 1 aliphatic rings. The quantitative estimate of drug-likeness (QED) is 0.730. The smallest absolute Gasteiger partial charge is 0.329 e. The maximum atomic E-state index is 11.7. The molecule has 0 heterocycles. The van der Waals surface area contributed by atoms with Crippen molar-refractivity contribution in [1.29, 1.82) is 0 Å². The van der Waals surface area contributed by atoms with Crippen LogP contribution in [0.5, 0.6) is 0 Å². The number of hydrogen-bond acceptors (Lipinski definition) is 3. The van der Waals surface area contributed by atoms with Crippen LogP contribution in [0.3, 0.4) is 0 Å². The number of carbonyl (C=O) groups is 2. The molecule has 1 atom stereocenters. The fourth-order valence-electron chi connectivity index (χ4n) is 2.06. The lowest BCUT2D eigenvalue weighted by atomic mass is 9.96. The number of nitrogens with one attached hydrogen (secondary N) is 1. The largest absolute Gasteiger partial charge is 0.480 e. The first-order valence-electron chi connectivity index (χ1n) is 5.56. The number of carboxylic acid groups (broad SMARTS) is 1. The summed E-state index contributed by atoms with van der Waals surface area (Å²) in [6.45, 7) is 2.03. The molecule has 1 saturated carbocycles. The Hall–Kier alpha value is -1.10. The number of hydrogen-bond donors (Lipinski definition) is 2. The van der Waals surface area contributed by atoms with E-state index in [2.05, 4.69) is 5.32 Å².